The van der Waals surface area contributed by atoms with E-state index in [1.54, 1.807) is 7.11 Å². The van der Waals surface area contributed by atoms with Crippen LogP contribution in [0.15, 0.2) is 24.4 Å². The molecule has 0 unspecified atom stereocenters. The summed E-state index contributed by atoms with van der Waals surface area (Å²) >= 11 is 6.24. The average Bonchev–Trinajstić information content (AvgIpc) is 2.89. The fourth-order valence-electron chi connectivity index (χ4n) is 4.03. The lowest BCUT2D eigenvalue weighted by atomic mass is 10.2. The van der Waals surface area contributed by atoms with Gasteiger partial charge in [-0.15, -0.1) is 16.6 Å². The summed E-state index contributed by atoms with van der Waals surface area (Å²) in [6, 6.07) is 9.29. The van der Waals surface area contributed by atoms with Gasteiger partial charge >= 0.3 is 0 Å². The maximum Gasteiger partial charge on any atom is 0.129 e. The Balaban J connectivity index is 2.61. The number of hydrogen-bond acceptors (Lipinski definition) is 1. The van der Waals surface area contributed by atoms with E-state index in [0.29, 0.717) is 21.6 Å². The summed E-state index contributed by atoms with van der Waals surface area (Å²) in [6.07, 6.45) is 2.01. The number of fused-ring (bicyclic) bond motifs is 1. The van der Waals surface area contributed by atoms with Gasteiger partial charge in [-0.25, -0.2) is 0 Å². The molecule has 0 bridgehead atoms. The van der Waals surface area contributed by atoms with Crippen molar-refractivity contribution >= 4 is 30.6 Å². The molecule has 2 aromatic rings. The molecule has 0 aliphatic heterocycles. The van der Waals surface area contributed by atoms with Gasteiger partial charge in [-0.2, -0.15) is 0 Å². The van der Waals surface area contributed by atoms with E-state index in [2.05, 4.69) is 53.1 Å². The standard InChI is InChI=1S/C20H28ClNOSi/c1-14(2)24(15(3)4,16(5)6)11-10-22-9-8-18-19(22)12-17(21)13-20(18)23-7/h8-9,12-16H,1-7H3/q-1. The molecule has 131 valence electrons. The van der Waals surface area contributed by atoms with Crippen LogP contribution in [0.2, 0.25) is 21.6 Å². The second-order valence-corrected chi connectivity index (χ2v) is 13.4. The molecule has 0 fully saturated rings. The van der Waals surface area contributed by atoms with E-state index in [4.69, 9.17) is 16.3 Å². The Morgan fingerprint density at radius 3 is 2.12 bits per heavy atom. The second kappa shape index (κ2) is 7.25. The largest absolute Gasteiger partial charge is 0.496 e. The van der Waals surface area contributed by atoms with Gasteiger partial charge in [0.15, 0.2) is 0 Å². The van der Waals surface area contributed by atoms with E-state index in [9.17, 15) is 0 Å². The zero-order valence-corrected chi connectivity index (χ0v) is 17.5. The molecule has 1 heterocycles. The minimum atomic E-state index is -1.75. The lowest BCUT2D eigenvalue weighted by Crippen LogP contribution is -2.43. The molecule has 0 radical (unpaired) electrons. The minimum absolute atomic E-state index is 0.616. The summed E-state index contributed by atoms with van der Waals surface area (Å²) in [5.74, 6) is 0.790. The molecular formula is C20H28ClNOSi-. The van der Waals surface area contributed by atoms with Gasteiger partial charge in [0, 0.05) is 16.6 Å². The molecular weight excluding hydrogens is 334 g/mol. The van der Waals surface area contributed by atoms with E-state index in [-0.39, 0.29) is 0 Å². The topological polar surface area (TPSA) is 14.2 Å². The maximum atomic E-state index is 6.24. The van der Waals surface area contributed by atoms with E-state index >= 15 is 0 Å². The van der Waals surface area contributed by atoms with Gasteiger partial charge in [-0.05, 0) is 24.2 Å². The molecule has 4 heteroatoms. The fraction of sp³-hybridized carbons (Fsp3) is 0.500. The Morgan fingerprint density at radius 1 is 1.04 bits per heavy atom. The smallest absolute Gasteiger partial charge is 0.129 e. The third-order valence-corrected chi connectivity index (χ3v) is 11.7. The Hall–Kier alpha value is -1.37. The summed E-state index contributed by atoms with van der Waals surface area (Å²) in [5.41, 5.74) is 6.60. The first kappa shape index (κ1) is 19.0. The van der Waals surface area contributed by atoms with Crippen molar-refractivity contribution in [3.8, 4) is 17.3 Å². The van der Waals surface area contributed by atoms with Gasteiger partial charge < -0.3 is 4.74 Å². The molecule has 0 saturated carbocycles. The molecule has 0 spiro atoms. The van der Waals surface area contributed by atoms with Crippen molar-refractivity contribution in [1.29, 1.82) is 0 Å². The molecule has 2 nitrogen and oxygen atoms in total. The third-order valence-electron chi connectivity index (χ3n) is 5.21. The predicted octanol–water partition coefficient (Wildman–Crippen LogP) is 6.33. The lowest BCUT2D eigenvalue weighted by Gasteiger charge is -2.50. The molecule has 2 rings (SSSR count). The molecule has 0 N–H and O–H groups in total. The van der Waals surface area contributed by atoms with Crippen LogP contribution in [0.25, 0.3) is 10.9 Å². The number of rotatable bonds is 4. The highest BCUT2D eigenvalue weighted by atomic mass is 35.5. The number of methoxy groups -OCH3 is 1. The Labute approximate surface area is 152 Å². The van der Waals surface area contributed by atoms with Gasteiger partial charge in [0.2, 0.25) is 0 Å². The van der Waals surface area contributed by atoms with Crippen LogP contribution in [0.4, 0.5) is 0 Å². The summed E-state index contributed by atoms with van der Waals surface area (Å²) in [6.45, 7) is 14.0. The van der Waals surface area contributed by atoms with Crippen LogP contribution in [0.1, 0.15) is 41.5 Å². The predicted molar refractivity (Wildman–Crippen MR) is 108 cm³/mol. The van der Waals surface area contributed by atoms with Crippen molar-refractivity contribution in [2.24, 2.45) is 0 Å². The maximum absolute atomic E-state index is 6.24. The van der Waals surface area contributed by atoms with E-state index in [0.717, 1.165) is 16.7 Å². The first-order valence-electron chi connectivity index (χ1n) is 8.61. The number of hydrogen-bond donors (Lipinski definition) is 0. The van der Waals surface area contributed by atoms with Crippen LogP contribution >= 0.6 is 11.6 Å². The van der Waals surface area contributed by atoms with Gasteiger partial charge in [-0.3, -0.25) is 10.1 Å². The van der Waals surface area contributed by atoms with Crippen LogP contribution in [0.3, 0.4) is 0 Å². The molecule has 1 aromatic carbocycles. The van der Waals surface area contributed by atoms with Crippen molar-refractivity contribution in [3.63, 3.8) is 0 Å². The number of halogens is 1. The Bertz CT molecular complexity index is 758. The Kier molecular flexibility index (Phi) is 5.73. The zero-order chi connectivity index (χ0) is 18.1. The van der Waals surface area contributed by atoms with Gasteiger partial charge in [0.25, 0.3) is 0 Å². The van der Waals surface area contributed by atoms with Gasteiger partial charge in [-0.1, -0.05) is 61.2 Å². The number of aromatic nitrogens is 1. The molecule has 0 aliphatic carbocycles. The molecule has 24 heavy (non-hydrogen) atoms. The summed E-state index contributed by atoms with van der Waals surface area (Å²) in [4.78, 5) is 0. The monoisotopic (exact) mass is 361 g/mol. The van der Waals surface area contributed by atoms with Gasteiger partial charge in [0.05, 0.1) is 12.6 Å². The van der Waals surface area contributed by atoms with Crippen molar-refractivity contribution in [2.45, 2.75) is 58.2 Å². The molecule has 0 saturated heterocycles. The van der Waals surface area contributed by atoms with Gasteiger partial charge in [0.1, 0.15) is 5.75 Å². The lowest BCUT2D eigenvalue weighted by molar-refractivity contribution is 0.420. The van der Waals surface area contributed by atoms with E-state index < -0.39 is 8.07 Å². The third kappa shape index (κ3) is 3.23. The van der Waals surface area contributed by atoms with Crippen LogP contribution in [0.5, 0.6) is 5.75 Å². The molecule has 0 aliphatic rings. The van der Waals surface area contributed by atoms with Crippen LogP contribution < -0.4 is 4.74 Å². The van der Waals surface area contributed by atoms with Crippen LogP contribution in [-0.2, 0) is 0 Å². The number of ether oxygens (including phenoxy) is 1. The van der Waals surface area contributed by atoms with Crippen molar-refractivity contribution in [3.05, 3.63) is 29.4 Å². The fourth-order valence-corrected chi connectivity index (χ4v) is 9.41. The van der Waals surface area contributed by atoms with Crippen LogP contribution in [-0.4, -0.2) is 19.8 Å². The highest BCUT2D eigenvalue weighted by Gasteiger charge is 2.29. The molecule has 0 atom stereocenters. The average molecular weight is 362 g/mol. The van der Waals surface area contributed by atoms with E-state index in [1.165, 1.54) is 0 Å². The quantitative estimate of drug-likeness (QED) is 0.458. The number of benzene rings is 1. The molecule has 1 aromatic heterocycles. The normalized spacial score (nSPS) is 12.1. The number of nitrogens with zero attached hydrogens (tertiary/aromatic N) is 1. The summed E-state index contributed by atoms with van der Waals surface area (Å²) in [7, 11) is -0.0838. The van der Waals surface area contributed by atoms with Crippen molar-refractivity contribution in [2.75, 3.05) is 7.11 Å². The van der Waals surface area contributed by atoms with Crippen molar-refractivity contribution in [1.82, 2.24) is 4.57 Å². The minimum Gasteiger partial charge on any atom is -0.496 e. The second-order valence-electron chi connectivity index (χ2n) is 7.36. The summed E-state index contributed by atoms with van der Waals surface area (Å²) in [5, 5.41) is 1.71. The Morgan fingerprint density at radius 2 is 1.62 bits per heavy atom. The van der Waals surface area contributed by atoms with Crippen LogP contribution in [0, 0.1) is 11.6 Å². The zero-order valence-electron chi connectivity index (χ0n) is 15.8. The van der Waals surface area contributed by atoms with Crippen molar-refractivity contribution < 1.29 is 4.74 Å². The highest BCUT2D eigenvalue weighted by Crippen LogP contribution is 2.40. The first-order valence-corrected chi connectivity index (χ1v) is 11.2. The first-order chi connectivity index (χ1) is 11.2. The SMILES string of the molecule is COc1cc(Cl)cc2c1ccn2C#C[Si-](C(C)C)(C(C)C)C(C)C. The summed E-state index contributed by atoms with van der Waals surface area (Å²) < 4.78 is 7.44. The highest BCUT2D eigenvalue weighted by molar-refractivity contribution is 6.90. The van der Waals surface area contributed by atoms with E-state index in [1.807, 2.05) is 29.0 Å². The molecule has 0 amide bonds.